The first kappa shape index (κ1) is 16.4. The summed E-state index contributed by atoms with van der Waals surface area (Å²) in [5.41, 5.74) is 0.813. The van der Waals surface area contributed by atoms with Gasteiger partial charge in [-0.3, -0.25) is 0 Å². The highest BCUT2D eigenvalue weighted by Gasteiger charge is 2.21. The number of fused-ring (bicyclic) bond motifs is 1. The van der Waals surface area contributed by atoms with Crippen molar-refractivity contribution in [2.75, 3.05) is 0 Å². The Labute approximate surface area is 152 Å². The summed E-state index contributed by atoms with van der Waals surface area (Å²) >= 11 is 1.25. The van der Waals surface area contributed by atoms with E-state index in [9.17, 15) is 9.18 Å². The third-order valence-electron chi connectivity index (χ3n) is 3.78. The van der Waals surface area contributed by atoms with Crippen LogP contribution in [0.1, 0.15) is 28.6 Å². The smallest absolute Gasteiger partial charge is 0.349 e. The predicted molar refractivity (Wildman–Crippen MR) is 95.3 cm³/mol. The molecule has 130 valence electrons. The Bertz CT molecular complexity index is 1070. The van der Waals surface area contributed by atoms with Crippen molar-refractivity contribution >= 4 is 27.4 Å². The number of benzene rings is 2. The number of hydrogen-bond donors (Lipinski definition) is 0. The van der Waals surface area contributed by atoms with Crippen molar-refractivity contribution in [2.45, 2.75) is 13.0 Å². The van der Waals surface area contributed by atoms with Gasteiger partial charge in [-0.05, 0) is 36.6 Å². The second-order valence-electron chi connectivity index (χ2n) is 5.66. The Hall–Kier alpha value is -3.06. The number of halogens is 1. The van der Waals surface area contributed by atoms with E-state index in [1.807, 2.05) is 30.3 Å². The number of hydrogen-bond acceptors (Lipinski definition) is 6. The number of carbonyl (C=O) groups is 1. The molecule has 0 bridgehead atoms. The van der Waals surface area contributed by atoms with Crippen LogP contribution in [0, 0.1) is 5.82 Å². The Morgan fingerprint density at radius 1 is 1.19 bits per heavy atom. The summed E-state index contributed by atoms with van der Waals surface area (Å²) in [5, 5.41) is 4.58. The molecule has 0 aliphatic heterocycles. The molecule has 0 N–H and O–H groups in total. The molecule has 0 radical (unpaired) electrons. The summed E-state index contributed by atoms with van der Waals surface area (Å²) in [5.74, 6) is -0.216. The van der Waals surface area contributed by atoms with Gasteiger partial charge in [-0.15, -0.1) is 11.3 Å². The second-order valence-corrected chi connectivity index (χ2v) is 6.75. The Morgan fingerprint density at radius 3 is 2.81 bits per heavy atom. The summed E-state index contributed by atoms with van der Waals surface area (Å²) in [6.45, 7) is 1.66. The van der Waals surface area contributed by atoms with Crippen molar-refractivity contribution in [3.8, 4) is 11.4 Å². The maximum Gasteiger partial charge on any atom is 0.349 e. The molecular weight excluding hydrogens is 355 g/mol. The van der Waals surface area contributed by atoms with Crippen molar-refractivity contribution in [3.05, 3.63) is 71.2 Å². The van der Waals surface area contributed by atoms with Crippen molar-refractivity contribution in [3.63, 3.8) is 0 Å². The summed E-state index contributed by atoms with van der Waals surface area (Å²) in [6, 6.07) is 15.4. The minimum Gasteiger partial charge on any atom is -0.448 e. The lowest BCUT2D eigenvalue weighted by molar-refractivity contribution is 0.0271. The van der Waals surface area contributed by atoms with E-state index in [1.54, 1.807) is 19.1 Å². The lowest BCUT2D eigenvalue weighted by Crippen LogP contribution is -2.08. The van der Waals surface area contributed by atoms with Gasteiger partial charge in [-0.1, -0.05) is 35.5 Å². The highest BCUT2D eigenvalue weighted by atomic mass is 32.1. The normalized spacial score (nSPS) is 12.2. The van der Waals surface area contributed by atoms with Gasteiger partial charge in [0.1, 0.15) is 10.7 Å². The number of rotatable bonds is 4. The second kappa shape index (κ2) is 6.68. The third-order valence-corrected chi connectivity index (χ3v) is 4.88. The summed E-state index contributed by atoms with van der Waals surface area (Å²) in [6.07, 6.45) is -0.700. The quantitative estimate of drug-likeness (QED) is 0.474. The van der Waals surface area contributed by atoms with Crippen LogP contribution < -0.4 is 0 Å². The molecule has 0 spiro atoms. The van der Waals surface area contributed by atoms with Gasteiger partial charge in [0.15, 0.2) is 6.10 Å². The van der Waals surface area contributed by atoms with Gasteiger partial charge in [0.05, 0.1) is 0 Å². The van der Waals surface area contributed by atoms with Gasteiger partial charge >= 0.3 is 5.97 Å². The van der Waals surface area contributed by atoms with Gasteiger partial charge in [-0.2, -0.15) is 4.98 Å². The van der Waals surface area contributed by atoms with Gasteiger partial charge < -0.3 is 9.26 Å². The van der Waals surface area contributed by atoms with Crippen LogP contribution in [0.15, 0.2) is 59.1 Å². The predicted octanol–water partition coefficient (Wildman–Crippen LogP) is 5.01. The standard InChI is InChI=1S/C19H13FN2O3S/c1-11(18-21-17(22-25-18)12-5-3-2-4-6-12)24-19(23)16-10-13-9-14(20)7-8-15(13)26-16/h2-11H,1H3/t11-/m1/s1. The monoisotopic (exact) mass is 368 g/mol. The first-order valence-electron chi connectivity index (χ1n) is 7.89. The molecule has 1 atom stereocenters. The molecule has 0 fully saturated rings. The van der Waals surface area contributed by atoms with Crippen molar-refractivity contribution < 1.29 is 18.4 Å². The third kappa shape index (κ3) is 3.21. The van der Waals surface area contributed by atoms with Crippen LogP contribution in [0.2, 0.25) is 0 Å². The average Bonchev–Trinajstić information content (AvgIpc) is 3.29. The molecule has 0 amide bonds. The van der Waals surface area contributed by atoms with Gasteiger partial charge in [-0.25, -0.2) is 9.18 Å². The van der Waals surface area contributed by atoms with Crippen LogP contribution in [0.25, 0.3) is 21.5 Å². The van der Waals surface area contributed by atoms with Gasteiger partial charge in [0.25, 0.3) is 5.89 Å². The summed E-state index contributed by atoms with van der Waals surface area (Å²) in [4.78, 5) is 17.0. The molecular formula is C19H13FN2O3S. The molecule has 0 aliphatic carbocycles. The Balaban J connectivity index is 1.51. The number of ether oxygens (including phenoxy) is 1. The van der Waals surface area contributed by atoms with Gasteiger partial charge in [0, 0.05) is 10.3 Å². The van der Waals surface area contributed by atoms with Gasteiger partial charge in [0.2, 0.25) is 5.82 Å². The zero-order valence-corrected chi connectivity index (χ0v) is 14.5. The first-order chi connectivity index (χ1) is 12.6. The highest BCUT2D eigenvalue weighted by Crippen LogP contribution is 2.28. The number of aromatic nitrogens is 2. The molecule has 0 aliphatic rings. The molecule has 7 heteroatoms. The van der Waals surface area contributed by atoms with Crippen LogP contribution >= 0.6 is 11.3 Å². The molecule has 5 nitrogen and oxygen atoms in total. The Morgan fingerprint density at radius 2 is 2.00 bits per heavy atom. The molecule has 4 aromatic rings. The first-order valence-corrected chi connectivity index (χ1v) is 8.71. The van der Waals surface area contributed by atoms with E-state index in [2.05, 4.69) is 10.1 Å². The fourth-order valence-corrected chi connectivity index (χ4v) is 3.41. The van der Waals surface area contributed by atoms with E-state index < -0.39 is 12.1 Å². The maximum absolute atomic E-state index is 13.3. The van der Waals surface area contributed by atoms with Crippen LogP contribution in [0.5, 0.6) is 0 Å². The van der Waals surface area contributed by atoms with E-state index in [-0.39, 0.29) is 11.7 Å². The summed E-state index contributed by atoms with van der Waals surface area (Å²) in [7, 11) is 0. The van der Waals surface area contributed by atoms with Crippen LogP contribution in [-0.2, 0) is 4.74 Å². The number of esters is 1. The average molecular weight is 368 g/mol. The lowest BCUT2D eigenvalue weighted by atomic mass is 10.2. The number of carbonyl (C=O) groups excluding carboxylic acids is 1. The summed E-state index contributed by atoms with van der Waals surface area (Å²) < 4.78 is 24.7. The number of nitrogens with zero attached hydrogens (tertiary/aromatic N) is 2. The Kier molecular flexibility index (Phi) is 4.22. The van der Waals surface area contributed by atoms with E-state index in [4.69, 9.17) is 9.26 Å². The fraction of sp³-hybridized carbons (Fsp3) is 0.105. The maximum atomic E-state index is 13.3. The molecule has 0 saturated heterocycles. The van der Waals surface area contributed by atoms with E-state index in [0.717, 1.165) is 10.3 Å². The SMILES string of the molecule is C[C@@H](OC(=O)c1cc2cc(F)ccc2s1)c1nc(-c2ccccc2)no1. The van der Waals surface area contributed by atoms with E-state index in [0.29, 0.717) is 16.1 Å². The zero-order valence-electron chi connectivity index (χ0n) is 13.7. The van der Waals surface area contributed by atoms with Crippen molar-refractivity contribution in [1.82, 2.24) is 10.1 Å². The van der Waals surface area contributed by atoms with Crippen LogP contribution in [0.4, 0.5) is 4.39 Å². The van der Waals surface area contributed by atoms with Crippen molar-refractivity contribution in [2.24, 2.45) is 0 Å². The molecule has 0 unspecified atom stereocenters. The fourth-order valence-electron chi connectivity index (χ4n) is 2.49. The van der Waals surface area contributed by atoms with Crippen LogP contribution in [-0.4, -0.2) is 16.1 Å². The zero-order chi connectivity index (χ0) is 18.1. The van der Waals surface area contributed by atoms with E-state index in [1.165, 1.54) is 23.5 Å². The number of thiophene rings is 1. The minimum absolute atomic E-state index is 0.212. The molecule has 4 rings (SSSR count). The molecule has 26 heavy (non-hydrogen) atoms. The highest BCUT2D eigenvalue weighted by molar-refractivity contribution is 7.20. The van der Waals surface area contributed by atoms with E-state index >= 15 is 0 Å². The molecule has 2 heterocycles. The lowest BCUT2D eigenvalue weighted by Gasteiger charge is -2.07. The molecule has 2 aromatic heterocycles. The van der Waals surface area contributed by atoms with Crippen LogP contribution in [0.3, 0.4) is 0 Å². The molecule has 0 saturated carbocycles. The molecule has 2 aromatic carbocycles. The largest absolute Gasteiger partial charge is 0.448 e. The topological polar surface area (TPSA) is 65.2 Å². The van der Waals surface area contributed by atoms with Crippen molar-refractivity contribution in [1.29, 1.82) is 0 Å². The minimum atomic E-state index is -0.700.